The van der Waals surface area contributed by atoms with E-state index in [0.717, 1.165) is 11.2 Å². The molecule has 0 saturated carbocycles. The fraction of sp³-hybridized carbons (Fsp3) is 0.0833. The average Bonchev–Trinajstić information content (AvgIpc) is 2.32. The number of thiocarbonyl (C=S) groups is 1. The van der Waals surface area contributed by atoms with Gasteiger partial charge in [0, 0.05) is 17.5 Å². The predicted molar refractivity (Wildman–Crippen MR) is 72.6 cm³/mol. The third-order valence-electron chi connectivity index (χ3n) is 2.49. The minimum absolute atomic E-state index is 0. The molecule has 0 bridgehead atoms. The van der Waals surface area contributed by atoms with Crippen LogP contribution in [0.4, 0.5) is 0 Å². The lowest BCUT2D eigenvalue weighted by Gasteiger charge is -1.99. The van der Waals surface area contributed by atoms with Crippen molar-refractivity contribution < 1.29 is 28.5 Å². The summed E-state index contributed by atoms with van der Waals surface area (Å²) < 4.78 is 2.06. The van der Waals surface area contributed by atoms with Crippen molar-refractivity contribution in [1.82, 2.24) is 5.43 Å². The van der Waals surface area contributed by atoms with Crippen LogP contribution in [0.15, 0.2) is 41.5 Å². The molecular weight excluding hydrogens is 359 g/mol. The Morgan fingerprint density at radius 1 is 1.33 bits per heavy atom. The van der Waals surface area contributed by atoms with Crippen molar-refractivity contribution in [3.8, 4) is 0 Å². The van der Waals surface area contributed by atoms with Crippen molar-refractivity contribution in [1.29, 1.82) is 0 Å². The SMILES string of the molecule is C[n+]1c(/C=N/NC(N)=S)ccc2ccccc21.[I-]. The summed E-state index contributed by atoms with van der Waals surface area (Å²) in [4.78, 5) is 0. The van der Waals surface area contributed by atoms with Crippen LogP contribution >= 0.6 is 12.2 Å². The molecule has 2 rings (SSSR count). The summed E-state index contributed by atoms with van der Waals surface area (Å²) >= 11 is 4.67. The van der Waals surface area contributed by atoms with E-state index in [9.17, 15) is 0 Å². The van der Waals surface area contributed by atoms with E-state index in [1.165, 1.54) is 5.39 Å². The first-order valence-electron chi connectivity index (χ1n) is 5.15. The Balaban J connectivity index is 0.00000162. The Labute approximate surface area is 128 Å². The normalized spacial score (nSPS) is 10.3. The standard InChI is InChI=1S/C12H12N4S.HI/c1-16-10(8-14-15-12(13)17)7-6-9-4-2-3-5-11(9)16;/h2-8H,1H3,(H2,13,17);1H. The van der Waals surface area contributed by atoms with E-state index in [2.05, 4.69) is 45.5 Å². The van der Waals surface area contributed by atoms with Crippen molar-refractivity contribution in [2.45, 2.75) is 0 Å². The van der Waals surface area contributed by atoms with Gasteiger partial charge in [0.2, 0.25) is 11.2 Å². The molecule has 0 saturated heterocycles. The van der Waals surface area contributed by atoms with Crippen molar-refractivity contribution in [3.63, 3.8) is 0 Å². The van der Waals surface area contributed by atoms with Gasteiger partial charge in [-0.25, -0.2) is 0 Å². The largest absolute Gasteiger partial charge is 1.00 e. The smallest absolute Gasteiger partial charge is 0.225 e. The van der Waals surface area contributed by atoms with E-state index in [1.54, 1.807) is 6.21 Å². The molecule has 0 aliphatic rings. The molecule has 0 aliphatic heterocycles. The van der Waals surface area contributed by atoms with Gasteiger partial charge in [0.05, 0.1) is 0 Å². The van der Waals surface area contributed by atoms with Crippen LogP contribution in [0.3, 0.4) is 0 Å². The number of nitrogens with two attached hydrogens (primary N) is 1. The Morgan fingerprint density at radius 3 is 2.78 bits per heavy atom. The van der Waals surface area contributed by atoms with Crippen molar-refractivity contribution in [2.24, 2.45) is 17.9 Å². The maximum atomic E-state index is 5.28. The van der Waals surface area contributed by atoms with Gasteiger partial charge >= 0.3 is 0 Å². The number of para-hydroxylation sites is 1. The number of aryl methyl sites for hydroxylation is 1. The summed E-state index contributed by atoms with van der Waals surface area (Å²) in [6, 6.07) is 12.2. The van der Waals surface area contributed by atoms with Crippen LogP contribution in [0.25, 0.3) is 10.9 Å². The maximum absolute atomic E-state index is 5.28. The number of nitrogens with zero attached hydrogens (tertiary/aromatic N) is 2. The summed E-state index contributed by atoms with van der Waals surface area (Å²) in [5.74, 6) is 0. The van der Waals surface area contributed by atoms with Crippen LogP contribution in [-0.2, 0) is 7.05 Å². The second kappa shape index (κ2) is 6.60. The number of aromatic nitrogens is 1. The lowest BCUT2D eigenvalue weighted by Crippen LogP contribution is -3.00. The first-order chi connectivity index (χ1) is 8.18. The fourth-order valence-corrected chi connectivity index (χ4v) is 1.70. The summed E-state index contributed by atoms with van der Waals surface area (Å²) in [5.41, 5.74) is 9.93. The molecule has 18 heavy (non-hydrogen) atoms. The van der Waals surface area contributed by atoms with Crippen LogP contribution in [0.1, 0.15) is 5.69 Å². The second-order valence-corrected chi connectivity index (χ2v) is 4.05. The highest BCUT2D eigenvalue weighted by Crippen LogP contribution is 2.08. The molecule has 0 fully saturated rings. The number of rotatable bonds is 2. The zero-order valence-corrected chi connectivity index (χ0v) is 12.8. The van der Waals surface area contributed by atoms with Gasteiger partial charge in [-0.2, -0.15) is 9.67 Å². The minimum Gasteiger partial charge on any atom is -1.00 e. The van der Waals surface area contributed by atoms with Crippen LogP contribution in [0.2, 0.25) is 0 Å². The zero-order valence-electron chi connectivity index (χ0n) is 9.80. The lowest BCUT2D eigenvalue weighted by atomic mass is 10.2. The van der Waals surface area contributed by atoms with Crippen LogP contribution in [-0.4, -0.2) is 11.3 Å². The molecule has 4 nitrogen and oxygen atoms in total. The lowest BCUT2D eigenvalue weighted by molar-refractivity contribution is -0.645. The van der Waals surface area contributed by atoms with Crippen LogP contribution in [0, 0.1) is 0 Å². The molecule has 0 amide bonds. The molecule has 1 aromatic heterocycles. The van der Waals surface area contributed by atoms with Gasteiger partial charge in [-0.1, -0.05) is 12.1 Å². The van der Waals surface area contributed by atoms with E-state index in [-0.39, 0.29) is 29.1 Å². The summed E-state index contributed by atoms with van der Waals surface area (Å²) in [5, 5.41) is 5.29. The highest BCUT2D eigenvalue weighted by Gasteiger charge is 2.08. The third-order valence-corrected chi connectivity index (χ3v) is 2.58. The molecule has 1 heterocycles. The quantitative estimate of drug-likeness (QED) is 0.208. The first-order valence-corrected chi connectivity index (χ1v) is 5.55. The molecule has 1 aromatic carbocycles. The molecule has 6 heteroatoms. The molecule has 0 radical (unpaired) electrons. The fourth-order valence-electron chi connectivity index (χ4n) is 1.65. The summed E-state index contributed by atoms with van der Waals surface area (Å²) in [7, 11) is 1.99. The predicted octanol–water partition coefficient (Wildman–Crippen LogP) is -2.16. The number of hydrogen-bond acceptors (Lipinski definition) is 2. The van der Waals surface area contributed by atoms with Crippen LogP contribution in [0.5, 0.6) is 0 Å². The molecule has 2 aromatic rings. The number of pyridine rings is 1. The van der Waals surface area contributed by atoms with Gasteiger partial charge in [0.25, 0.3) is 0 Å². The van der Waals surface area contributed by atoms with Gasteiger partial charge in [0.1, 0.15) is 13.3 Å². The number of benzene rings is 1. The number of hydrogen-bond donors (Lipinski definition) is 2. The zero-order chi connectivity index (χ0) is 12.3. The van der Waals surface area contributed by atoms with Gasteiger partial charge in [0.15, 0.2) is 5.11 Å². The van der Waals surface area contributed by atoms with E-state index in [1.807, 2.05) is 25.2 Å². The van der Waals surface area contributed by atoms with Gasteiger partial charge < -0.3 is 29.7 Å². The van der Waals surface area contributed by atoms with Crippen molar-refractivity contribution in [3.05, 3.63) is 42.1 Å². The van der Waals surface area contributed by atoms with E-state index in [4.69, 9.17) is 5.73 Å². The van der Waals surface area contributed by atoms with Crippen molar-refractivity contribution in [2.75, 3.05) is 0 Å². The first kappa shape index (κ1) is 14.8. The Morgan fingerprint density at radius 2 is 2.06 bits per heavy atom. The molecule has 3 N–H and O–H groups in total. The Kier molecular flexibility index (Phi) is 5.42. The van der Waals surface area contributed by atoms with Crippen LogP contribution < -0.4 is 39.7 Å². The number of fused-ring (bicyclic) bond motifs is 1. The Hall–Kier alpha value is -1.28. The number of hydrazone groups is 1. The minimum atomic E-state index is 0. The van der Waals surface area contributed by atoms with E-state index in [0.29, 0.717) is 0 Å². The number of nitrogens with one attached hydrogen (secondary N) is 1. The van der Waals surface area contributed by atoms with Crippen molar-refractivity contribution >= 4 is 34.4 Å². The van der Waals surface area contributed by atoms with Gasteiger partial charge in [-0.3, -0.25) is 5.43 Å². The topological polar surface area (TPSA) is 54.3 Å². The molecule has 0 unspecified atom stereocenters. The molecule has 94 valence electrons. The molecule has 0 spiro atoms. The highest BCUT2D eigenvalue weighted by atomic mass is 127. The Bertz CT molecular complexity index is 598. The third kappa shape index (κ3) is 3.36. The van der Waals surface area contributed by atoms with E-state index < -0.39 is 0 Å². The maximum Gasteiger partial charge on any atom is 0.225 e. The average molecular weight is 372 g/mol. The molecule has 0 aliphatic carbocycles. The number of halogens is 1. The molecule has 0 atom stereocenters. The summed E-state index contributed by atoms with van der Waals surface area (Å²) in [6.45, 7) is 0. The van der Waals surface area contributed by atoms with E-state index >= 15 is 0 Å². The second-order valence-electron chi connectivity index (χ2n) is 3.61. The van der Waals surface area contributed by atoms with Gasteiger partial charge in [-0.05, 0) is 24.4 Å². The van der Waals surface area contributed by atoms with Gasteiger partial charge in [-0.15, -0.1) is 0 Å². The molecular formula is C12H13IN4S. The summed E-state index contributed by atoms with van der Waals surface area (Å²) in [6.07, 6.45) is 1.69. The monoisotopic (exact) mass is 372 g/mol. The highest BCUT2D eigenvalue weighted by molar-refractivity contribution is 7.80.